The zero-order chi connectivity index (χ0) is 15.7. The van der Waals surface area contributed by atoms with E-state index in [1.54, 1.807) is 36.7 Å². The molecule has 3 aromatic rings. The maximum absolute atomic E-state index is 13.0. The van der Waals surface area contributed by atoms with Gasteiger partial charge >= 0.3 is 0 Å². The maximum atomic E-state index is 13.0. The van der Waals surface area contributed by atoms with Gasteiger partial charge in [-0.3, -0.25) is 0 Å². The number of H-pyrrole nitrogens is 1. The van der Waals surface area contributed by atoms with Crippen LogP contribution in [0.4, 0.5) is 4.39 Å². The van der Waals surface area contributed by atoms with Gasteiger partial charge in [0.05, 0.1) is 10.0 Å². The molecule has 0 saturated carbocycles. The zero-order valence-corrected chi connectivity index (χ0v) is 12.9. The standard InChI is InChI=1S/C17H12Cl2FNO/c18-15-6-3-11(7-16(15)19)13-8-21-9-14(13)17(22)10-1-4-12(20)5-2-10/h1-9,17,21-22H. The Kier molecular flexibility index (Phi) is 4.21. The van der Waals surface area contributed by atoms with Crippen molar-refractivity contribution in [1.82, 2.24) is 4.98 Å². The third-order valence-electron chi connectivity index (χ3n) is 3.49. The minimum Gasteiger partial charge on any atom is -0.384 e. The third-order valence-corrected chi connectivity index (χ3v) is 4.23. The summed E-state index contributed by atoms with van der Waals surface area (Å²) in [6, 6.07) is 11.1. The second-order valence-corrected chi connectivity index (χ2v) is 5.72. The number of rotatable bonds is 3. The minimum absolute atomic E-state index is 0.338. The first kappa shape index (κ1) is 15.1. The van der Waals surface area contributed by atoms with Gasteiger partial charge in [-0.15, -0.1) is 0 Å². The average Bonchev–Trinajstić information content (AvgIpc) is 2.99. The Morgan fingerprint density at radius 3 is 2.36 bits per heavy atom. The number of hydrogen-bond acceptors (Lipinski definition) is 1. The smallest absolute Gasteiger partial charge is 0.123 e. The fraction of sp³-hybridized carbons (Fsp3) is 0.0588. The van der Waals surface area contributed by atoms with Gasteiger partial charge in [0.1, 0.15) is 11.9 Å². The van der Waals surface area contributed by atoms with Gasteiger partial charge in [-0.1, -0.05) is 41.4 Å². The summed E-state index contributed by atoms with van der Waals surface area (Å²) >= 11 is 12.0. The van der Waals surface area contributed by atoms with Gasteiger partial charge in [0.2, 0.25) is 0 Å². The molecule has 3 rings (SSSR count). The fourth-order valence-electron chi connectivity index (χ4n) is 2.34. The zero-order valence-electron chi connectivity index (χ0n) is 11.4. The molecular formula is C17H12Cl2FNO. The Hall–Kier alpha value is -1.81. The number of halogens is 3. The van der Waals surface area contributed by atoms with Crippen molar-refractivity contribution < 1.29 is 9.50 Å². The van der Waals surface area contributed by atoms with Crippen LogP contribution in [0.3, 0.4) is 0 Å². The molecule has 1 atom stereocenters. The molecule has 2 nitrogen and oxygen atoms in total. The molecule has 1 heterocycles. The number of benzene rings is 2. The molecule has 0 radical (unpaired) electrons. The third kappa shape index (κ3) is 2.88. The van der Waals surface area contributed by atoms with Gasteiger partial charge < -0.3 is 10.1 Å². The second-order valence-electron chi connectivity index (χ2n) is 4.91. The summed E-state index contributed by atoms with van der Waals surface area (Å²) in [7, 11) is 0. The highest BCUT2D eigenvalue weighted by molar-refractivity contribution is 6.42. The first-order valence-corrected chi connectivity index (χ1v) is 7.37. The normalized spacial score (nSPS) is 12.4. The molecule has 22 heavy (non-hydrogen) atoms. The van der Waals surface area contributed by atoms with E-state index in [0.29, 0.717) is 21.2 Å². The number of aliphatic hydroxyl groups is 1. The fourth-order valence-corrected chi connectivity index (χ4v) is 2.64. The number of nitrogens with one attached hydrogen (secondary N) is 1. The van der Waals surface area contributed by atoms with Crippen molar-refractivity contribution in [3.8, 4) is 11.1 Å². The maximum Gasteiger partial charge on any atom is 0.123 e. The molecule has 0 bridgehead atoms. The predicted octanol–water partition coefficient (Wildman–Crippen LogP) is 5.21. The lowest BCUT2D eigenvalue weighted by molar-refractivity contribution is 0.221. The van der Waals surface area contributed by atoms with Gasteiger partial charge in [-0.2, -0.15) is 0 Å². The van der Waals surface area contributed by atoms with Crippen LogP contribution in [0, 0.1) is 5.82 Å². The van der Waals surface area contributed by atoms with Crippen LogP contribution in [0.5, 0.6) is 0 Å². The van der Waals surface area contributed by atoms with Crippen molar-refractivity contribution in [2.24, 2.45) is 0 Å². The van der Waals surface area contributed by atoms with E-state index in [-0.39, 0.29) is 5.82 Å². The van der Waals surface area contributed by atoms with Gasteiger partial charge in [0.25, 0.3) is 0 Å². The SMILES string of the molecule is OC(c1ccc(F)cc1)c1c[nH]cc1-c1ccc(Cl)c(Cl)c1. The van der Waals surface area contributed by atoms with E-state index in [1.165, 1.54) is 12.1 Å². The van der Waals surface area contributed by atoms with Crippen molar-refractivity contribution in [1.29, 1.82) is 0 Å². The van der Waals surface area contributed by atoms with Gasteiger partial charge in [0.15, 0.2) is 0 Å². The minimum atomic E-state index is -0.865. The van der Waals surface area contributed by atoms with Crippen LogP contribution in [0.15, 0.2) is 54.9 Å². The van der Waals surface area contributed by atoms with Crippen LogP contribution in [0.1, 0.15) is 17.2 Å². The summed E-state index contributed by atoms with van der Waals surface area (Å²) in [6.07, 6.45) is 2.63. The van der Waals surface area contributed by atoms with Crippen LogP contribution in [-0.4, -0.2) is 10.1 Å². The highest BCUT2D eigenvalue weighted by Gasteiger charge is 2.17. The van der Waals surface area contributed by atoms with E-state index in [4.69, 9.17) is 23.2 Å². The molecule has 0 saturated heterocycles. The molecular weight excluding hydrogens is 324 g/mol. The van der Waals surface area contributed by atoms with Crippen LogP contribution in [0.2, 0.25) is 10.0 Å². The largest absolute Gasteiger partial charge is 0.384 e. The van der Waals surface area contributed by atoms with Crippen LogP contribution in [-0.2, 0) is 0 Å². The Balaban J connectivity index is 2.01. The monoisotopic (exact) mass is 335 g/mol. The van der Waals surface area contributed by atoms with Crippen LogP contribution in [0.25, 0.3) is 11.1 Å². The Morgan fingerprint density at radius 2 is 1.68 bits per heavy atom. The lowest BCUT2D eigenvalue weighted by Crippen LogP contribution is -2.00. The van der Waals surface area contributed by atoms with Crippen molar-refractivity contribution in [2.45, 2.75) is 6.10 Å². The molecule has 1 unspecified atom stereocenters. The molecule has 0 amide bonds. The second kappa shape index (κ2) is 6.13. The molecule has 112 valence electrons. The van der Waals surface area contributed by atoms with E-state index >= 15 is 0 Å². The highest BCUT2D eigenvalue weighted by atomic mass is 35.5. The summed E-state index contributed by atoms with van der Waals surface area (Å²) < 4.78 is 13.0. The first-order valence-electron chi connectivity index (χ1n) is 6.62. The highest BCUT2D eigenvalue weighted by Crippen LogP contribution is 2.34. The van der Waals surface area contributed by atoms with Crippen molar-refractivity contribution in [2.75, 3.05) is 0 Å². The average molecular weight is 336 g/mol. The molecule has 0 spiro atoms. The molecule has 2 N–H and O–H groups in total. The van der Waals surface area contributed by atoms with Crippen molar-refractivity contribution in [3.63, 3.8) is 0 Å². The van der Waals surface area contributed by atoms with Crippen molar-refractivity contribution in [3.05, 3.63) is 81.8 Å². The van der Waals surface area contributed by atoms with Gasteiger partial charge in [-0.25, -0.2) is 4.39 Å². The molecule has 0 fully saturated rings. The molecule has 0 aliphatic rings. The van der Waals surface area contributed by atoms with E-state index in [2.05, 4.69) is 4.98 Å². The molecule has 1 aromatic heterocycles. The van der Waals surface area contributed by atoms with E-state index in [0.717, 1.165) is 11.1 Å². The Morgan fingerprint density at radius 1 is 0.955 bits per heavy atom. The number of aromatic nitrogens is 1. The van der Waals surface area contributed by atoms with E-state index in [9.17, 15) is 9.50 Å². The van der Waals surface area contributed by atoms with E-state index < -0.39 is 6.10 Å². The van der Waals surface area contributed by atoms with Gasteiger partial charge in [-0.05, 0) is 35.4 Å². The van der Waals surface area contributed by atoms with Crippen molar-refractivity contribution >= 4 is 23.2 Å². The summed E-state index contributed by atoms with van der Waals surface area (Å²) in [5.41, 5.74) is 2.95. The summed E-state index contributed by atoms with van der Waals surface area (Å²) in [4.78, 5) is 2.98. The summed E-state index contributed by atoms with van der Waals surface area (Å²) in [6.45, 7) is 0. The predicted molar refractivity (Wildman–Crippen MR) is 86.7 cm³/mol. The van der Waals surface area contributed by atoms with Crippen LogP contribution >= 0.6 is 23.2 Å². The molecule has 2 aromatic carbocycles. The molecule has 0 aliphatic carbocycles. The van der Waals surface area contributed by atoms with E-state index in [1.807, 2.05) is 6.07 Å². The van der Waals surface area contributed by atoms with Gasteiger partial charge in [0, 0.05) is 23.5 Å². The van der Waals surface area contributed by atoms with Crippen LogP contribution < -0.4 is 0 Å². The number of hydrogen-bond donors (Lipinski definition) is 2. The molecule has 0 aliphatic heterocycles. The number of aromatic amines is 1. The number of aliphatic hydroxyl groups excluding tert-OH is 1. The Labute approximate surface area is 137 Å². The summed E-state index contributed by atoms with van der Waals surface area (Å²) in [5.74, 6) is -0.338. The lowest BCUT2D eigenvalue weighted by atomic mass is 9.97. The lowest BCUT2D eigenvalue weighted by Gasteiger charge is -2.13. The first-order chi connectivity index (χ1) is 10.6. The Bertz CT molecular complexity index is 799. The topological polar surface area (TPSA) is 36.0 Å². The summed E-state index contributed by atoms with van der Waals surface area (Å²) in [5, 5.41) is 11.5. The molecule has 5 heteroatoms. The quantitative estimate of drug-likeness (QED) is 0.677.